The van der Waals surface area contributed by atoms with Crippen LogP contribution >= 0.6 is 11.6 Å². The third-order valence-electron chi connectivity index (χ3n) is 4.72. The van der Waals surface area contributed by atoms with Gasteiger partial charge in [-0.1, -0.05) is 23.7 Å². The second-order valence-corrected chi connectivity index (χ2v) is 7.15. The van der Waals surface area contributed by atoms with Gasteiger partial charge in [0, 0.05) is 30.9 Å². The lowest BCUT2D eigenvalue weighted by Gasteiger charge is -2.07. The normalized spacial score (nSPS) is 13.7. The first kappa shape index (κ1) is 16.9. The summed E-state index contributed by atoms with van der Waals surface area (Å²) in [6, 6.07) is 9.50. The number of H-pyrrole nitrogens is 1. The third-order valence-corrected chi connectivity index (χ3v) is 5.04. The molecule has 1 fully saturated rings. The van der Waals surface area contributed by atoms with Crippen molar-refractivity contribution in [3.8, 4) is 0 Å². The molecule has 2 heterocycles. The molecule has 2 aromatic heterocycles. The number of hydrogen-bond acceptors (Lipinski definition) is 3. The van der Waals surface area contributed by atoms with E-state index in [4.69, 9.17) is 11.6 Å². The first-order chi connectivity index (χ1) is 12.7. The number of nitrogens with one attached hydrogen (secondary N) is 3. The Kier molecular flexibility index (Phi) is 4.80. The molecule has 0 unspecified atom stereocenters. The summed E-state index contributed by atoms with van der Waals surface area (Å²) in [4.78, 5) is 19.8. The Labute approximate surface area is 157 Å². The highest BCUT2D eigenvalue weighted by atomic mass is 35.5. The van der Waals surface area contributed by atoms with Gasteiger partial charge in [0.15, 0.2) is 0 Å². The summed E-state index contributed by atoms with van der Waals surface area (Å²) >= 11 is 6.18. The number of rotatable bonds is 7. The van der Waals surface area contributed by atoms with Gasteiger partial charge in [-0.05, 0) is 48.9 Å². The van der Waals surface area contributed by atoms with E-state index < -0.39 is 0 Å². The molecule has 3 N–H and O–H groups in total. The van der Waals surface area contributed by atoms with E-state index in [9.17, 15) is 4.79 Å². The van der Waals surface area contributed by atoms with Gasteiger partial charge in [0.2, 0.25) is 0 Å². The van der Waals surface area contributed by atoms with Crippen molar-refractivity contribution in [1.82, 2.24) is 15.3 Å². The maximum absolute atomic E-state index is 12.3. The van der Waals surface area contributed by atoms with E-state index in [1.807, 2.05) is 36.5 Å². The minimum absolute atomic E-state index is 0.107. The fraction of sp³-hybridized carbons (Fsp3) is 0.300. The number of carbonyl (C=O) groups excluding carboxylic acids is 1. The van der Waals surface area contributed by atoms with Crippen LogP contribution < -0.4 is 10.6 Å². The molecule has 0 aliphatic heterocycles. The van der Waals surface area contributed by atoms with Crippen LogP contribution in [0.5, 0.6) is 0 Å². The summed E-state index contributed by atoms with van der Waals surface area (Å²) in [5.74, 6) is 1.51. The van der Waals surface area contributed by atoms with Crippen LogP contribution in [0.25, 0.3) is 10.9 Å². The van der Waals surface area contributed by atoms with Gasteiger partial charge in [-0.15, -0.1) is 0 Å². The summed E-state index contributed by atoms with van der Waals surface area (Å²) in [5, 5.41) is 8.05. The molecule has 0 saturated heterocycles. The Bertz CT molecular complexity index is 915. The minimum Gasteiger partial charge on any atom is -0.370 e. The van der Waals surface area contributed by atoms with Gasteiger partial charge in [0.1, 0.15) is 5.82 Å². The summed E-state index contributed by atoms with van der Waals surface area (Å²) in [6.07, 6.45) is 6.91. The highest BCUT2D eigenvalue weighted by Crippen LogP contribution is 2.28. The van der Waals surface area contributed by atoms with Crippen LogP contribution in [0.3, 0.4) is 0 Å². The van der Waals surface area contributed by atoms with Crippen molar-refractivity contribution < 1.29 is 4.79 Å². The molecule has 3 aromatic rings. The van der Waals surface area contributed by atoms with Crippen molar-refractivity contribution >= 4 is 34.2 Å². The van der Waals surface area contributed by atoms with Crippen LogP contribution in [-0.2, 0) is 6.42 Å². The number of aromatic nitrogens is 2. The highest BCUT2D eigenvalue weighted by molar-refractivity contribution is 6.35. The monoisotopic (exact) mass is 368 g/mol. The number of anilines is 1. The summed E-state index contributed by atoms with van der Waals surface area (Å²) in [6.45, 7) is 1.52. The number of amides is 1. The Morgan fingerprint density at radius 3 is 2.92 bits per heavy atom. The molecule has 0 atom stereocenters. The van der Waals surface area contributed by atoms with Crippen molar-refractivity contribution in [2.45, 2.75) is 19.3 Å². The molecule has 0 radical (unpaired) electrons. The highest BCUT2D eigenvalue weighted by Gasteiger charge is 2.20. The average molecular weight is 369 g/mol. The van der Waals surface area contributed by atoms with Crippen molar-refractivity contribution in [3.05, 3.63) is 58.9 Å². The van der Waals surface area contributed by atoms with Crippen molar-refractivity contribution in [3.63, 3.8) is 0 Å². The molecular formula is C20H21ClN4O. The zero-order valence-corrected chi connectivity index (χ0v) is 15.1. The molecule has 1 saturated carbocycles. The molecule has 1 aliphatic carbocycles. The van der Waals surface area contributed by atoms with Crippen LogP contribution in [0.2, 0.25) is 5.02 Å². The number of para-hydroxylation sites is 1. The summed E-state index contributed by atoms with van der Waals surface area (Å²) in [7, 11) is 0. The number of nitrogens with zero attached hydrogens (tertiary/aromatic N) is 1. The first-order valence-corrected chi connectivity index (χ1v) is 9.31. The van der Waals surface area contributed by atoms with Gasteiger partial charge in [-0.3, -0.25) is 4.79 Å². The molecule has 1 amide bonds. The lowest BCUT2D eigenvalue weighted by Crippen LogP contribution is -2.25. The quantitative estimate of drug-likeness (QED) is 0.590. The largest absolute Gasteiger partial charge is 0.370 e. The molecule has 26 heavy (non-hydrogen) atoms. The van der Waals surface area contributed by atoms with Crippen LogP contribution in [0.1, 0.15) is 28.8 Å². The summed E-state index contributed by atoms with van der Waals surface area (Å²) < 4.78 is 0. The Hall–Kier alpha value is -2.53. The van der Waals surface area contributed by atoms with Gasteiger partial charge in [0.25, 0.3) is 5.91 Å². The van der Waals surface area contributed by atoms with Crippen molar-refractivity contribution in [2.75, 3.05) is 18.4 Å². The Balaban J connectivity index is 1.31. The molecular weight excluding hydrogens is 348 g/mol. The number of carbonyl (C=O) groups is 1. The zero-order chi connectivity index (χ0) is 17.9. The SMILES string of the molecule is O=C(NCCc1c[nH]c2c(Cl)cccc12)c1ccc(NCC2CC2)nc1. The predicted molar refractivity (Wildman–Crippen MR) is 105 cm³/mol. The molecule has 0 bridgehead atoms. The third kappa shape index (κ3) is 3.83. The maximum Gasteiger partial charge on any atom is 0.252 e. The number of halogens is 1. The lowest BCUT2D eigenvalue weighted by atomic mass is 10.1. The predicted octanol–water partition coefficient (Wildman–Crippen LogP) is 4.01. The van der Waals surface area contributed by atoms with Crippen LogP contribution in [0.4, 0.5) is 5.82 Å². The Morgan fingerprint density at radius 2 is 2.15 bits per heavy atom. The molecule has 1 aliphatic rings. The van der Waals surface area contributed by atoms with Crippen LogP contribution in [0.15, 0.2) is 42.7 Å². The minimum atomic E-state index is -0.107. The molecule has 6 heteroatoms. The van der Waals surface area contributed by atoms with E-state index in [1.54, 1.807) is 6.20 Å². The van der Waals surface area contributed by atoms with E-state index >= 15 is 0 Å². The smallest absolute Gasteiger partial charge is 0.252 e. The van der Waals surface area contributed by atoms with Gasteiger partial charge in [-0.2, -0.15) is 0 Å². The Morgan fingerprint density at radius 1 is 1.27 bits per heavy atom. The number of aromatic amines is 1. The molecule has 5 nitrogen and oxygen atoms in total. The van der Waals surface area contributed by atoms with Gasteiger partial charge >= 0.3 is 0 Å². The average Bonchev–Trinajstić information content (AvgIpc) is 3.40. The number of benzene rings is 1. The van der Waals surface area contributed by atoms with Gasteiger partial charge in [0.05, 0.1) is 16.1 Å². The standard InChI is InChI=1S/C20H21ClN4O/c21-17-3-1-2-16-14(11-25-19(16)17)8-9-22-20(26)15-6-7-18(24-12-15)23-10-13-4-5-13/h1-3,6-7,11-13,25H,4-5,8-10H2,(H,22,26)(H,23,24). The first-order valence-electron chi connectivity index (χ1n) is 8.93. The second kappa shape index (κ2) is 7.38. The number of fused-ring (bicyclic) bond motifs is 1. The zero-order valence-electron chi connectivity index (χ0n) is 14.4. The summed E-state index contributed by atoms with van der Waals surface area (Å²) in [5.41, 5.74) is 2.65. The van der Waals surface area contributed by atoms with Gasteiger partial charge < -0.3 is 15.6 Å². The van der Waals surface area contributed by atoms with Crippen LogP contribution in [-0.4, -0.2) is 29.0 Å². The topological polar surface area (TPSA) is 69.8 Å². The lowest BCUT2D eigenvalue weighted by molar-refractivity contribution is 0.0954. The second-order valence-electron chi connectivity index (χ2n) is 6.74. The van der Waals surface area contributed by atoms with E-state index in [-0.39, 0.29) is 5.91 Å². The molecule has 1 aromatic carbocycles. The molecule has 4 rings (SSSR count). The van der Waals surface area contributed by atoms with Gasteiger partial charge in [-0.25, -0.2) is 4.98 Å². The molecule has 0 spiro atoms. The van der Waals surface area contributed by atoms with E-state index in [0.717, 1.165) is 41.2 Å². The van der Waals surface area contributed by atoms with E-state index in [0.29, 0.717) is 17.1 Å². The fourth-order valence-electron chi connectivity index (χ4n) is 3.00. The van der Waals surface area contributed by atoms with Crippen molar-refractivity contribution in [1.29, 1.82) is 0 Å². The number of hydrogen-bond donors (Lipinski definition) is 3. The van der Waals surface area contributed by atoms with Crippen molar-refractivity contribution in [2.24, 2.45) is 5.92 Å². The molecule has 134 valence electrons. The fourth-order valence-corrected chi connectivity index (χ4v) is 3.23. The van der Waals surface area contributed by atoms with E-state index in [1.165, 1.54) is 12.8 Å². The van der Waals surface area contributed by atoms with Crippen LogP contribution in [0, 0.1) is 5.92 Å². The van der Waals surface area contributed by atoms with E-state index in [2.05, 4.69) is 20.6 Å². The maximum atomic E-state index is 12.3. The number of pyridine rings is 1.